The molecule has 3 rings (SSSR count). The van der Waals surface area contributed by atoms with Gasteiger partial charge in [-0.05, 0) is 24.8 Å². The molecule has 1 unspecified atom stereocenters. The molecule has 1 amide bonds. The van der Waals surface area contributed by atoms with E-state index < -0.39 is 5.60 Å². The van der Waals surface area contributed by atoms with Gasteiger partial charge in [0, 0.05) is 24.9 Å². The van der Waals surface area contributed by atoms with Crippen LogP contribution < -0.4 is 0 Å². The Balaban J connectivity index is 1.75. The molecular formula is C19H27NO2. The molecule has 22 heavy (non-hydrogen) atoms. The van der Waals surface area contributed by atoms with Crippen molar-refractivity contribution in [2.75, 3.05) is 13.1 Å². The minimum Gasteiger partial charge on any atom is -0.388 e. The summed E-state index contributed by atoms with van der Waals surface area (Å²) >= 11 is 0. The first-order chi connectivity index (χ1) is 10.5. The van der Waals surface area contributed by atoms with Crippen LogP contribution in [0.2, 0.25) is 0 Å². The normalized spacial score (nSPS) is 28.6. The molecule has 1 N–H and O–H groups in total. The molecule has 0 bridgehead atoms. The maximum absolute atomic E-state index is 12.3. The molecule has 0 aromatic heterocycles. The molecular weight excluding hydrogens is 274 g/mol. The van der Waals surface area contributed by atoms with Crippen LogP contribution in [0.4, 0.5) is 0 Å². The predicted molar refractivity (Wildman–Crippen MR) is 87.6 cm³/mol. The smallest absolute Gasteiger partial charge is 0.222 e. The first kappa shape index (κ1) is 15.5. The van der Waals surface area contributed by atoms with Crippen molar-refractivity contribution in [3.8, 4) is 0 Å². The van der Waals surface area contributed by atoms with Crippen molar-refractivity contribution in [2.24, 2.45) is 0 Å². The Hall–Kier alpha value is -1.35. The van der Waals surface area contributed by atoms with E-state index in [4.69, 9.17) is 0 Å². The Labute approximate surface area is 133 Å². The van der Waals surface area contributed by atoms with E-state index >= 15 is 0 Å². The van der Waals surface area contributed by atoms with Gasteiger partial charge in [0.2, 0.25) is 5.91 Å². The number of amides is 1. The van der Waals surface area contributed by atoms with E-state index in [1.807, 2.05) is 11.0 Å². The number of carbonyl (C=O) groups excluding carboxylic acids is 1. The monoisotopic (exact) mass is 301 g/mol. The fourth-order valence-corrected chi connectivity index (χ4v) is 4.07. The van der Waals surface area contributed by atoms with E-state index in [1.165, 1.54) is 12.0 Å². The van der Waals surface area contributed by atoms with Crippen LogP contribution in [0.5, 0.6) is 0 Å². The van der Waals surface area contributed by atoms with Gasteiger partial charge >= 0.3 is 0 Å². The van der Waals surface area contributed by atoms with Crippen LogP contribution in [0.15, 0.2) is 30.3 Å². The molecule has 3 nitrogen and oxygen atoms in total. The fourth-order valence-electron chi connectivity index (χ4n) is 4.07. The summed E-state index contributed by atoms with van der Waals surface area (Å²) in [5, 5.41) is 10.8. The second-order valence-corrected chi connectivity index (χ2v) is 7.46. The number of hydrogen-bond donors (Lipinski definition) is 1. The zero-order valence-corrected chi connectivity index (χ0v) is 13.6. The van der Waals surface area contributed by atoms with Crippen LogP contribution in [-0.2, 0) is 10.2 Å². The molecule has 1 atom stereocenters. The third kappa shape index (κ3) is 3.19. The van der Waals surface area contributed by atoms with Gasteiger partial charge in [-0.2, -0.15) is 0 Å². The number of piperidine rings is 1. The van der Waals surface area contributed by atoms with Crippen LogP contribution in [-0.4, -0.2) is 34.6 Å². The van der Waals surface area contributed by atoms with Crippen LogP contribution in [0.3, 0.4) is 0 Å². The molecule has 1 saturated carbocycles. The fraction of sp³-hybridized carbons (Fsp3) is 0.632. The molecule has 2 aliphatic rings. The second-order valence-electron chi connectivity index (χ2n) is 7.46. The molecule has 1 saturated heterocycles. The Morgan fingerprint density at radius 2 is 1.77 bits per heavy atom. The quantitative estimate of drug-likeness (QED) is 0.931. The minimum absolute atomic E-state index is 0.000195. The van der Waals surface area contributed by atoms with Crippen molar-refractivity contribution >= 4 is 5.91 Å². The van der Waals surface area contributed by atoms with E-state index in [9.17, 15) is 9.90 Å². The first-order valence-corrected chi connectivity index (χ1v) is 8.57. The molecule has 120 valence electrons. The van der Waals surface area contributed by atoms with Gasteiger partial charge < -0.3 is 10.0 Å². The summed E-state index contributed by atoms with van der Waals surface area (Å²) in [7, 11) is 0. The van der Waals surface area contributed by atoms with Gasteiger partial charge in [0.15, 0.2) is 0 Å². The summed E-state index contributed by atoms with van der Waals surface area (Å²) < 4.78 is 0. The van der Waals surface area contributed by atoms with E-state index in [2.05, 4.69) is 31.2 Å². The number of nitrogens with zero attached hydrogens (tertiary/aromatic N) is 1. The lowest BCUT2D eigenvalue weighted by Gasteiger charge is -2.44. The maximum Gasteiger partial charge on any atom is 0.222 e. The lowest BCUT2D eigenvalue weighted by atomic mass is 9.75. The average Bonchev–Trinajstić information content (AvgIpc) is 2.52. The summed E-state index contributed by atoms with van der Waals surface area (Å²) in [6.45, 7) is 3.47. The highest BCUT2D eigenvalue weighted by atomic mass is 16.3. The topological polar surface area (TPSA) is 40.5 Å². The molecule has 1 aliphatic heterocycles. The predicted octanol–water partition coefficient (Wildman–Crippen LogP) is 3.26. The van der Waals surface area contributed by atoms with Crippen LogP contribution in [0, 0.1) is 0 Å². The number of likely N-dealkylation sites (tertiary alicyclic amines) is 1. The first-order valence-electron chi connectivity index (χ1n) is 8.57. The number of benzene rings is 1. The minimum atomic E-state index is -0.664. The summed E-state index contributed by atoms with van der Waals surface area (Å²) in [5.74, 6) is 0.201. The highest BCUT2D eigenvalue weighted by Gasteiger charge is 2.40. The molecule has 1 aliphatic carbocycles. The molecule has 1 aromatic carbocycles. The lowest BCUT2D eigenvalue weighted by molar-refractivity contribution is -0.140. The Bertz CT molecular complexity index is 521. The number of aliphatic hydroxyl groups is 1. The van der Waals surface area contributed by atoms with Crippen molar-refractivity contribution in [3.05, 3.63) is 35.9 Å². The van der Waals surface area contributed by atoms with Gasteiger partial charge in [0.1, 0.15) is 0 Å². The van der Waals surface area contributed by atoms with Gasteiger partial charge in [-0.25, -0.2) is 0 Å². The van der Waals surface area contributed by atoms with Crippen molar-refractivity contribution in [1.82, 2.24) is 4.90 Å². The molecule has 0 spiro atoms. The van der Waals surface area contributed by atoms with E-state index in [0.29, 0.717) is 13.0 Å². The number of carbonyl (C=O) groups is 1. The average molecular weight is 301 g/mol. The Kier molecular flexibility index (Phi) is 4.26. The highest BCUT2D eigenvalue weighted by Crippen LogP contribution is 2.36. The third-order valence-electron chi connectivity index (χ3n) is 5.52. The Morgan fingerprint density at radius 1 is 1.09 bits per heavy atom. The van der Waals surface area contributed by atoms with Crippen molar-refractivity contribution in [1.29, 1.82) is 0 Å². The van der Waals surface area contributed by atoms with E-state index in [-0.39, 0.29) is 11.3 Å². The Morgan fingerprint density at radius 3 is 2.45 bits per heavy atom. The standard InChI is InChI=1S/C19H27NO2/c1-18(16-8-4-2-5-9-16)13-10-17(21)20(14-18)15-19(22)11-6-3-7-12-19/h2,4-5,8-9,22H,3,6-7,10-15H2,1H3. The van der Waals surface area contributed by atoms with Gasteiger partial charge in [-0.3, -0.25) is 4.79 Å². The molecule has 0 radical (unpaired) electrons. The SMILES string of the molecule is CC1(c2ccccc2)CCC(=O)N(CC2(O)CCCCC2)C1. The van der Waals surface area contributed by atoms with Crippen LogP contribution >= 0.6 is 0 Å². The van der Waals surface area contributed by atoms with Crippen molar-refractivity contribution in [2.45, 2.75) is 62.9 Å². The van der Waals surface area contributed by atoms with Crippen molar-refractivity contribution in [3.63, 3.8) is 0 Å². The lowest BCUT2D eigenvalue weighted by Crippen LogP contribution is -2.53. The molecule has 2 fully saturated rings. The van der Waals surface area contributed by atoms with Gasteiger partial charge in [-0.15, -0.1) is 0 Å². The van der Waals surface area contributed by atoms with Crippen molar-refractivity contribution < 1.29 is 9.90 Å². The molecule has 3 heteroatoms. The summed E-state index contributed by atoms with van der Waals surface area (Å²) in [4.78, 5) is 14.3. The summed E-state index contributed by atoms with van der Waals surface area (Å²) in [6, 6.07) is 10.5. The molecule has 1 heterocycles. The van der Waals surface area contributed by atoms with Gasteiger partial charge in [0.05, 0.1) is 5.60 Å². The summed E-state index contributed by atoms with van der Waals surface area (Å²) in [6.07, 6.45) is 6.50. The number of rotatable bonds is 3. The zero-order chi connectivity index (χ0) is 15.6. The summed E-state index contributed by atoms with van der Waals surface area (Å²) in [5.41, 5.74) is 0.631. The third-order valence-corrected chi connectivity index (χ3v) is 5.52. The maximum atomic E-state index is 12.3. The van der Waals surface area contributed by atoms with E-state index in [0.717, 1.165) is 38.6 Å². The van der Waals surface area contributed by atoms with E-state index in [1.54, 1.807) is 0 Å². The second kappa shape index (κ2) is 6.04. The number of hydrogen-bond acceptors (Lipinski definition) is 2. The zero-order valence-electron chi connectivity index (χ0n) is 13.6. The molecule has 1 aromatic rings. The van der Waals surface area contributed by atoms with Crippen LogP contribution in [0.25, 0.3) is 0 Å². The van der Waals surface area contributed by atoms with Crippen LogP contribution in [0.1, 0.15) is 57.4 Å². The number of β-amino-alcohol motifs (C(OH)–C–C–N with tert-alkyl or cyclic N) is 1. The van der Waals surface area contributed by atoms with Gasteiger partial charge in [-0.1, -0.05) is 56.5 Å². The van der Waals surface area contributed by atoms with Gasteiger partial charge in [0.25, 0.3) is 0 Å². The highest BCUT2D eigenvalue weighted by molar-refractivity contribution is 5.77. The largest absolute Gasteiger partial charge is 0.388 e.